The van der Waals surface area contributed by atoms with Crippen molar-refractivity contribution in [3.63, 3.8) is 0 Å². The predicted molar refractivity (Wildman–Crippen MR) is 97.0 cm³/mol. The summed E-state index contributed by atoms with van der Waals surface area (Å²) in [5.74, 6) is 1.39. The minimum absolute atomic E-state index is 0.199. The minimum atomic E-state index is -1.22. The van der Waals surface area contributed by atoms with E-state index in [1.54, 1.807) is 6.07 Å². The number of halogens is 1. The van der Waals surface area contributed by atoms with Gasteiger partial charge in [0.1, 0.15) is 5.78 Å². The molecule has 1 aromatic rings. The number of hydrogen-bond donors (Lipinski definition) is 0. The van der Waals surface area contributed by atoms with Gasteiger partial charge in [-0.2, -0.15) is 10.5 Å². The van der Waals surface area contributed by atoms with E-state index in [1.807, 2.05) is 18.2 Å². The molecular formula is C22H21ClN2O. The van der Waals surface area contributed by atoms with Gasteiger partial charge in [0.15, 0.2) is 5.41 Å². The van der Waals surface area contributed by atoms with Crippen LogP contribution in [0.5, 0.6) is 0 Å². The van der Waals surface area contributed by atoms with E-state index in [-0.39, 0.29) is 17.1 Å². The number of carbonyl (C=O) groups is 1. The SMILES string of the molecule is N#CC1(C#N)[C@H](C(=O)C23CC4CC(CC(C4)C2)C3)[C@@H]1c1cccc(Cl)c1. The average Bonchev–Trinajstić information content (AvgIpc) is 3.29. The molecule has 0 unspecified atom stereocenters. The first-order valence-electron chi connectivity index (χ1n) is 9.63. The maximum Gasteiger partial charge on any atom is 0.161 e. The lowest BCUT2D eigenvalue weighted by atomic mass is 9.48. The van der Waals surface area contributed by atoms with Crippen LogP contribution in [0.2, 0.25) is 5.02 Å². The van der Waals surface area contributed by atoms with E-state index >= 15 is 0 Å². The van der Waals surface area contributed by atoms with E-state index < -0.39 is 11.3 Å². The zero-order valence-electron chi connectivity index (χ0n) is 14.6. The van der Waals surface area contributed by atoms with Crippen molar-refractivity contribution in [2.45, 2.75) is 44.4 Å². The Balaban J connectivity index is 1.52. The smallest absolute Gasteiger partial charge is 0.161 e. The normalized spacial score (nSPS) is 41.3. The average molecular weight is 365 g/mol. The molecule has 3 nitrogen and oxygen atoms in total. The van der Waals surface area contributed by atoms with Gasteiger partial charge in [0, 0.05) is 16.4 Å². The standard InChI is InChI=1S/C22H21ClN2O/c23-17-3-1-2-16(7-17)18-19(22(18,11-24)12-25)20(26)21-8-13-4-14(9-21)6-15(5-13)10-21/h1-3,7,13-15,18-19H,4-6,8-10H2/t13?,14?,15?,18-,19-,21?/m0/s1. The Hall–Kier alpha value is -1.84. The molecule has 0 heterocycles. The van der Waals surface area contributed by atoms with Gasteiger partial charge in [-0.1, -0.05) is 23.7 Å². The van der Waals surface area contributed by atoms with Crippen molar-refractivity contribution < 1.29 is 4.79 Å². The van der Waals surface area contributed by atoms with Crippen LogP contribution in [-0.2, 0) is 4.79 Å². The van der Waals surface area contributed by atoms with Crippen molar-refractivity contribution >= 4 is 17.4 Å². The number of carbonyl (C=O) groups excluding carboxylic acids is 1. The first-order chi connectivity index (χ1) is 12.5. The zero-order chi connectivity index (χ0) is 18.1. The largest absolute Gasteiger partial charge is 0.299 e. The van der Waals surface area contributed by atoms with E-state index in [4.69, 9.17) is 11.6 Å². The molecule has 5 aliphatic carbocycles. The highest BCUT2D eigenvalue weighted by molar-refractivity contribution is 6.30. The minimum Gasteiger partial charge on any atom is -0.299 e. The number of ketones is 1. The molecule has 0 radical (unpaired) electrons. The summed E-state index contributed by atoms with van der Waals surface area (Å²) in [6.07, 6.45) is 6.75. The van der Waals surface area contributed by atoms with Gasteiger partial charge in [-0.25, -0.2) is 0 Å². The number of hydrogen-bond acceptors (Lipinski definition) is 3. The fourth-order valence-corrected chi connectivity index (χ4v) is 7.15. The summed E-state index contributed by atoms with van der Waals surface area (Å²) in [5.41, 5.74) is -0.639. The number of nitrogens with zero attached hydrogens (tertiary/aromatic N) is 2. The van der Waals surface area contributed by atoms with Gasteiger partial charge in [-0.05, 0) is 74.0 Å². The van der Waals surface area contributed by atoms with E-state index in [9.17, 15) is 15.3 Å². The molecule has 0 aromatic heterocycles. The first-order valence-corrected chi connectivity index (χ1v) is 10.0. The van der Waals surface area contributed by atoms with Crippen LogP contribution >= 0.6 is 11.6 Å². The third-order valence-corrected chi connectivity index (χ3v) is 7.86. The molecule has 132 valence electrons. The van der Waals surface area contributed by atoms with Crippen LogP contribution in [0.3, 0.4) is 0 Å². The molecule has 5 saturated carbocycles. The van der Waals surface area contributed by atoms with Crippen molar-refractivity contribution in [2.75, 3.05) is 0 Å². The lowest BCUT2D eigenvalue weighted by molar-refractivity contribution is -0.145. The molecular weight excluding hydrogens is 344 g/mol. The molecule has 2 atom stereocenters. The summed E-state index contributed by atoms with van der Waals surface area (Å²) in [7, 11) is 0. The quantitative estimate of drug-likeness (QED) is 0.768. The lowest BCUT2D eigenvalue weighted by Crippen LogP contribution is -2.50. The second-order valence-electron chi connectivity index (χ2n) is 9.17. The summed E-state index contributed by atoms with van der Waals surface area (Å²) in [6.45, 7) is 0. The van der Waals surface area contributed by atoms with Gasteiger partial charge in [0.05, 0.1) is 18.1 Å². The summed E-state index contributed by atoms with van der Waals surface area (Å²) in [5, 5.41) is 20.2. The maximum atomic E-state index is 13.7. The first kappa shape index (κ1) is 16.3. The Bertz CT molecular complexity index is 828. The molecule has 6 rings (SSSR count). The molecule has 26 heavy (non-hydrogen) atoms. The van der Waals surface area contributed by atoms with Crippen LogP contribution in [-0.4, -0.2) is 5.78 Å². The van der Waals surface area contributed by atoms with E-state index in [0.717, 1.165) is 24.8 Å². The second kappa shape index (κ2) is 5.34. The second-order valence-corrected chi connectivity index (χ2v) is 9.60. The van der Waals surface area contributed by atoms with Gasteiger partial charge in [0.25, 0.3) is 0 Å². The fraction of sp³-hybridized carbons (Fsp3) is 0.591. The third kappa shape index (κ3) is 2.07. The number of benzene rings is 1. The molecule has 0 saturated heterocycles. The van der Waals surface area contributed by atoms with Gasteiger partial charge in [-0.3, -0.25) is 4.79 Å². The lowest BCUT2D eigenvalue weighted by Gasteiger charge is -2.56. The highest BCUT2D eigenvalue weighted by atomic mass is 35.5. The highest BCUT2D eigenvalue weighted by Gasteiger charge is 2.73. The van der Waals surface area contributed by atoms with Gasteiger partial charge >= 0.3 is 0 Å². The predicted octanol–water partition coefficient (Wildman–Crippen LogP) is 4.87. The van der Waals surface area contributed by atoms with E-state index in [1.165, 1.54) is 19.3 Å². The maximum absolute atomic E-state index is 13.7. The number of nitriles is 2. The zero-order valence-corrected chi connectivity index (χ0v) is 15.4. The highest BCUT2D eigenvalue weighted by Crippen LogP contribution is 2.70. The van der Waals surface area contributed by atoms with Crippen molar-refractivity contribution in [3.05, 3.63) is 34.9 Å². The molecule has 5 fully saturated rings. The van der Waals surface area contributed by atoms with Gasteiger partial charge in [-0.15, -0.1) is 0 Å². The monoisotopic (exact) mass is 364 g/mol. The van der Waals surface area contributed by atoms with Crippen molar-refractivity contribution in [1.29, 1.82) is 10.5 Å². The molecule has 5 aliphatic rings. The van der Waals surface area contributed by atoms with Gasteiger partial charge < -0.3 is 0 Å². The molecule has 0 amide bonds. The Morgan fingerprint density at radius 3 is 2.12 bits per heavy atom. The Morgan fingerprint density at radius 2 is 1.62 bits per heavy atom. The van der Waals surface area contributed by atoms with Crippen LogP contribution in [0.15, 0.2) is 24.3 Å². The van der Waals surface area contributed by atoms with Gasteiger partial charge in [0.2, 0.25) is 0 Å². The summed E-state index contributed by atoms with van der Waals surface area (Å²) >= 11 is 6.13. The van der Waals surface area contributed by atoms with E-state index in [0.29, 0.717) is 22.8 Å². The number of Topliss-reactive ketones (excluding diaryl/α,β-unsaturated/α-hetero) is 1. The molecule has 1 aromatic carbocycles. The molecule has 0 N–H and O–H groups in total. The summed E-state index contributed by atoms with van der Waals surface area (Å²) < 4.78 is 0. The van der Waals surface area contributed by atoms with Crippen molar-refractivity contribution in [2.24, 2.45) is 34.5 Å². The summed E-state index contributed by atoms with van der Waals surface area (Å²) in [4.78, 5) is 13.7. The van der Waals surface area contributed by atoms with Crippen molar-refractivity contribution in [3.8, 4) is 12.1 Å². The number of rotatable bonds is 3. The Labute approximate surface area is 158 Å². The van der Waals surface area contributed by atoms with Crippen LogP contribution in [0, 0.1) is 57.2 Å². The Morgan fingerprint density at radius 1 is 1.04 bits per heavy atom. The van der Waals surface area contributed by atoms with E-state index in [2.05, 4.69) is 12.1 Å². The fourth-order valence-electron chi connectivity index (χ4n) is 6.95. The van der Waals surface area contributed by atoms with Crippen LogP contribution in [0.1, 0.15) is 50.0 Å². The van der Waals surface area contributed by atoms with Crippen molar-refractivity contribution in [1.82, 2.24) is 0 Å². The Kier molecular flexibility index (Phi) is 3.35. The summed E-state index contributed by atoms with van der Waals surface area (Å²) in [6, 6.07) is 11.7. The molecule has 4 heteroatoms. The van der Waals surface area contributed by atoms with Crippen LogP contribution < -0.4 is 0 Å². The van der Waals surface area contributed by atoms with Crippen LogP contribution in [0.25, 0.3) is 0 Å². The molecule has 0 spiro atoms. The van der Waals surface area contributed by atoms with Crippen LogP contribution in [0.4, 0.5) is 0 Å². The molecule has 4 bridgehead atoms. The molecule has 0 aliphatic heterocycles. The third-order valence-electron chi connectivity index (χ3n) is 7.63. The topological polar surface area (TPSA) is 64.7 Å².